The van der Waals surface area contributed by atoms with E-state index in [2.05, 4.69) is 14.9 Å². The van der Waals surface area contributed by atoms with Gasteiger partial charge in [0.15, 0.2) is 11.5 Å². The van der Waals surface area contributed by atoms with Gasteiger partial charge in [0, 0.05) is 25.7 Å². The fourth-order valence-electron chi connectivity index (χ4n) is 2.67. The largest absolute Gasteiger partial charge is 0.493 e. The summed E-state index contributed by atoms with van der Waals surface area (Å²) >= 11 is 0. The summed E-state index contributed by atoms with van der Waals surface area (Å²) in [4.78, 5) is 20.6. The van der Waals surface area contributed by atoms with Crippen LogP contribution in [0.1, 0.15) is 0 Å². The van der Waals surface area contributed by atoms with Crippen molar-refractivity contribution in [3.05, 3.63) is 28.8 Å². The Bertz CT molecular complexity index is 742. The molecule has 1 atom stereocenters. The van der Waals surface area contributed by atoms with Gasteiger partial charge in [0.1, 0.15) is 12.7 Å². The van der Waals surface area contributed by atoms with E-state index < -0.39 is 6.10 Å². The Morgan fingerprint density at radius 2 is 2.17 bits per heavy atom. The summed E-state index contributed by atoms with van der Waals surface area (Å²) in [5.41, 5.74) is 0.273. The van der Waals surface area contributed by atoms with Crippen molar-refractivity contribution >= 4 is 10.9 Å². The zero-order chi connectivity index (χ0) is 16.9. The van der Waals surface area contributed by atoms with Crippen LogP contribution in [0.25, 0.3) is 10.9 Å². The highest BCUT2D eigenvalue weighted by atomic mass is 16.5. The molecule has 8 nitrogen and oxygen atoms in total. The third-order valence-corrected chi connectivity index (χ3v) is 3.93. The van der Waals surface area contributed by atoms with E-state index in [9.17, 15) is 9.90 Å². The van der Waals surface area contributed by atoms with E-state index >= 15 is 0 Å². The highest BCUT2D eigenvalue weighted by Crippen LogP contribution is 2.30. The molecule has 1 aliphatic heterocycles. The van der Waals surface area contributed by atoms with Crippen LogP contribution in [0.5, 0.6) is 11.5 Å². The third-order valence-electron chi connectivity index (χ3n) is 3.93. The van der Waals surface area contributed by atoms with Crippen molar-refractivity contribution in [1.29, 1.82) is 0 Å². The Balaban J connectivity index is 1.68. The monoisotopic (exact) mass is 335 g/mol. The number of methoxy groups -OCH3 is 1. The van der Waals surface area contributed by atoms with Gasteiger partial charge in [-0.2, -0.15) is 0 Å². The predicted molar refractivity (Wildman–Crippen MR) is 87.7 cm³/mol. The molecule has 0 unspecified atom stereocenters. The maximum Gasteiger partial charge on any atom is 0.258 e. The number of ether oxygens (including phenoxy) is 3. The molecule has 8 heteroatoms. The highest BCUT2D eigenvalue weighted by Gasteiger charge is 2.17. The molecule has 130 valence electrons. The average Bonchev–Trinajstić information content (AvgIpc) is 2.60. The molecule has 1 aliphatic rings. The molecule has 0 bridgehead atoms. The molecular weight excluding hydrogens is 314 g/mol. The van der Waals surface area contributed by atoms with Gasteiger partial charge < -0.3 is 24.3 Å². The minimum atomic E-state index is -0.629. The van der Waals surface area contributed by atoms with Gasteiger partial charge in [-0.1, -0.05) is 0 Å². The number of aliphatic hydroxyl groups excluding tert-OH is 1. The van der Waals surface area contributed by atoms with Crippen LogP contribution in [-0.2, 0) is 4.74 Å². The Morgan fingerprint density at radius 3 is 2.92 bits per heavy atom. The minimum Gasteiger partial charge on any atom is -0.493 e. The lowest BCUT2D eigenvalue weighted by atomic mass is 10.2. The number of nitrogens with one attached hydrogen (secondary N) is 1. The molecule has 2 heterocycles. The molecule has 1 saturated heterocycles. The fourth-order valence-corrected chi connectivity index (χ4v) is 2.67. The SMILES string of the molecule is COc1cc2c(=O)[nH]cnc2cc1OC[C@H](O)CN1CCOCC1. The van der Waals surface area contributed by atoms with Gasteiger partial charge in [-0.15, -0.1) is 0 Å². The van der Waals surface area contributed by atoms with Crippen molar-refractivity contribution in [1.82, 2.24) is 14.9 Å². The van der Waals surface area contributed by atoms with E-state index in [0.717, 1.165) is 13.1 Å². The zero-order valence-electron chi connectivity index (χ0n) is 13.5. The topological polar surface area (TPSA) is 96.9 Å². The average molecular weight is 335 g/mol. The normalized spacial score (nSPS) is 16.9. The molecule has 0 radical (unpaired) electrons. The van der Waals surface area contributed by atoms with Gasteiger partial charge >= 0.3 is 0 Å². The van der Waals surface area contributed by atoms with E-state index in [1.54, 1.807) is 12.1 Å². The maximum atomic E-state index is 11.8. The second-order valence-corrected chi connectivity index (χ2v) is 5.63. The number of β-amino-alcohol motifs (C(OH)–C–C–N with tert-alkyl or cyclic N) is 1. The summed E-state index contributed by atoms with van der Waals surface area (Å²) in [5, 5.41) is 10.6. The number of aliphatic hydroxyl groups is 1. The Hall–Kier alpha value is -2.16. The predicted octanol–water partition coefficient (Wildman–Crippen LogP) is 0.00360. The quantitative estimate of drug-likeness (QED) is 0.767. The van der Waals surface area contributed by atoms with Crippen molar-refractivity contribution in [2.24, 2.45) is 0 Å². The van der Waals surface area contributed by atoms with Crippen molar-refractivity contribution in [2.45, 2.75) is 6.10 Å². The summed E-state index contributed by atoms with van der Waals surface area (Å²) in [6.45, 7) is 3.64. The smallest absolute Gasteiger partial charge is 0.258 e. The number of morpholine rings is 1. The number of hydrogen-bond donors (Lipinski definition) is 2. The number of benzene rings is 1. The van der Waals surface area contributed by atoms with E-state index in [1.165, 1.54) is 13.4 Å². The van der Waals surface area contributed by atoms with Crippen molar-refractivity contribution < 1.29 is 19.3 Å². The molecular formula is C16H21N3O5. The van der Waals surface area contributed by atoms with Crippen molar-refractivity contribution in [3.63, 3.8) is 0 Å². The lowest BCUT2D eigenvalue weighted by molar-refractivity contribution is 0.00446. The van der Waals surface area contributed by atoms with E-state index in [1.807, 2.05) is 0 Å². The molecule has 0 amide bonds. The zero-order valence-corrected chi connectivity index (χ0v) is 13.5. The molecule has 3 rings (SSSR count). The van der Waals surface area contributed by atoms with Crippen molar-refractivity contribution in [2.75, 3.05) is 46.6 Å². The van der Waals surface area contributed by atoms with E-state index in [4.69, 9.17) is 14.2 Å². The molecule has 2 N–H and O–H groups in total. The second kappa shape index (κ2) is 7.61. The Labute approximate surface area is 139 Å². The van der Waals surface area contributed by atoms with Crippen LogP contribution in [0.4, 0.5) is 0 Å². The fraction of sp³-hybridized carbons (Fsp3) is 0.500. The number of aromatic amines is 1. The van der Waals surface area contributed by atoms with Gasteiger partial charge in [0.2, 0.25) is 0 Å². The first-order chi connectivity index (χ1) is 11.7. The second-order valence-electron chi connectivity index (χ2n) is 5.63. The highest BCUT2D eigenvalue weighted by molar-refractivity contribution is 5.81. The van der Waals surface area contributed by atoms with Crippen LogP contribution in [0.3, 0.4) is 0 Å². The van der Waals surface area contributed by atoms with Gasteiger partial charge in [-0.25, -0.2) is 4.98 Å². The van der Waals surface area contributed by atoms with Crippen LogP contribution < -0.4 is 15.0 Å². The number of fused-ring (bicyclic) bond motifs is 1. The molecule has 24 heavy (non-hydrogen) atoms. The van der Waals surface area contributed by atoms with Crippen LogP contribution >= 0.6 is 0 Å². The number of aromatic nitrogens is 2. The summed E-state index contributed by atoms with van der Waals surface area (Å²) in [5.74, 6) is 0.878. The first-order valence-electron chi connectivity index (χ1n) is 7.84. The summed E-state index contributed by atoms with van der Waals surface area (Å²) in [7, 11) is 1.50. The van der Waals surface area contributed by atoms with Crippen LogP contribution in [-0.4, -0.2) is 72.6 Å². The van der Waals surface area contributed by atoms with Crippen LogP contribution in [0, 0.1) is 0 Å². The van der Waals surface area contributed by atoms with E-state index in [0.29, 0.717) is 42.2 Å². The van der Waals surface area contributed by atoms with Crippen molar-refractivity contribution in [3.8, 4) is 11.5 Å². The molecule has 2 aromatic rings. The molecule has 0 saturated carbocycles. The minimum absolute atomic E-state index is 0.127. The van der Waals surface area contributed by atoms with Gasteiger partial charge in [0.05, 0.1) is 37.6 Å². The molecule has 1 aromatic carbocycles. The number of hydrogen-bond acceptors (Lipinski definition) is 7. The number of rotatable bonds is 6. The molecule has 1 aromatic heterocycles. The lowest BCUT2D eigenvalue weighted by Gasteiger charge is -2.28. The first-order valence-corrected chi connectivity index (χ1v) is 7.84. The maximum absolute atomic E-state index is 11.8. The lowest BCUT2D eigenvalue weighted by Crippen LogP contribution is -2.42. The first kappa shape index (κ1) is 16.7. The van der Waals surface area contributed by atoms with Crippen LogP contribution in [0.15, 0.2) is 23.3 Å². The Kier molecular flexibility index (Phi) is 5.29. The Morgan fingerprint density at radius 1 is 1.38 bits per heavy atom. The molecule has 0 spiro atoms. The number of H-pyrrole nitrogens is 1. The molecule has 1 fully saturated rings. The third kappa shape index (κ3) is 3.84. The summed E-state index contributed by atoms with van der Waals surface area (Å²) in [6, 6.07) is 3.23. The summed E-state index contributed by atoms with van der Waals surface area (Å²) in [6.07, 6.45) is 0.712. The molecule has 0 aliphatic carbocycles. The van der Waals surface area contributed by atoms with Gasteiger partial charge in [-0.3, -0.25) is 9.69 Å². The number of nitrogens with zero attached hydrogens (tertiary/aromatic N) is 2. The standard InChI is InChI=1S/C16H21N3O5/c1-22-14-6-12-13(17-10-18-16(12)21)7-15(14)24-9-11(20)8-19-2-4-23-5-3-19/h6-7,10-11,20H,2-5,8-9H2,1H3,(H,17,18,21)/t11-/m1/s1. The summed E-state index contributed by atoms with van der Waals surface area (Å²) < 4.78 is 16.3. The van der Waals surface area contributed by atoms with Gasteiger partial charge in [-0.05, 0) is 6.07 Å². The van der Waals surface area contributed by atoms with E-state index in [-0.39, 0.29) is 12.2 Å². The van der Waals surface area contributed by atoms with Crippen LogP contribution in [0.2, 0.25) is 0 Å². The van der Waals surface area contributed by atoms with Gasteiger partial charge in [0.25, 0.3) is 5.56 Å².